The molecule has 0 heterocycles. The largest absolute Gasteiger partial charge is 0.322 e. The minimum atomic E-state index is -0.159. The van der Waals surface area contributed by atoms with Gasteiger partial charge in [0.15, 0.2) is 0 Å². The molecule has 1 aromatic carbocycles. The molecule has 16 heavy (non-hydrogen) atoms. The summed E-state index contributed by atoms with van der Waals surface area (Å²) in [6.45, 7) is 4.39. The van der Waals surface area contributed by atoms with Crippen LogP contribution in [0.3, 0.4) is 0 Å². The molecule has 0 fully saturated rings. The summed E-state index contributed by atoms with van der Waals surface area (Å²) < 4.78 is 0. The van der Waals surface area contributed by atoms with Crippen molar-refractivity contribution >= 4 is 0 Å². The maximum absolute atomic E-state index is 6.35. The molecule has 0 radical (unpaired) electrons. The van der Waals surface area contributed by atoms with Crippen LogP contribution in [0.5, 0.6) is 0 Å². The maximum Gasteiger partial charge on any atom is 0.0381 e. The Bertz CT molecular complexity index is 277. The molecule has 0 amide bonds. The van der Waals surface area contributed by atoms with Crippen LogP contribution < -0.4 is 5.73 Å². The molecule has 0 saturated carbocycles. The zero-order valence-electron chi connectivity index (χ0n) is 10.7. The minimum absolute atomic E-state index is 0.159. The molecule has 0 saturated heterocycles. The number of benzene rings is 1. The SMILES string of the molecule is CCCCCCCC(C)(N)c1ccccc1. The fraction of sp³-hybridized carbons (Fsp3) is 0.600. The van der Waals surface area contributed by atoms with E-state index in [1.54, 1.807) is 0 Å². The Labute approximate surface area is 100 Å². The third kappa shape index (κ3) is 4.36. The molecule has 0 aliphatic rings. The number of unbranched alkanes of at least 4 members (excludes halogenated alkanes) is 4. The van der Waals surface area contributed by atoms with Gasteiger partial charge in [-0.05, 0) is 18.9 Å². The molecular weight excluding hydrogens is 194 g/mol. The Hall–Kier alpha value is -0.820. The van der Waals surface area contributed by atoms with E-state index in [0.717, 1.165) is 6.42 Å². The summed E-state index contributed by atoms with van der Waals surface area (Å²) >= 11 is 0. The van der Waals surface area contributed by atoms with Crippen molar-refractivity contribution in [2.75, 3.05) is 0 Å². The fourth-order valence-corrected chi connectivity index (χ4v) is 2.06. The van der Waals surface area contributed by atoms with E-state index in [2.05, 4.69) is 38.1 Å². The van der Waals surface area contributed by atoms with Gasteiger partial charge in [-0.15, -0.1) is 0 Å². The highest BCUT2D eigenvalue weighted by atomic mass is 14.7. The maximum atomic E-state index is 6.35. The van der Waals surface area contributed by atoms with Crippen LogP contribution >= 0.6 is 0 Å². The monoisotopic (exact) mass is 219 g/mol. The van der Waals surface area contributed by atoms with Gasteiger partial charge in [-0.2, -0.15) is 0 Å². The van der Waals surface area contributed by atoms with E-state index in [1.165, 1.54) is 37.7 Å². The van der Waals surface area contributed by atoms with Crippen molar-refractivity contribution in [3.63, 3.8) is 0 Å². The lowest BCUT2D eigenvalue weighted by molar-refractivity contribution is 0.422. The summed E-state index contributed by atoms with van der Waals surface area (Å²) in [6.07, 6.45) is 7.64. The van der Waals surface area contributed by atoms with Crippen molar-refractivity contribution in [3.8, 4) is 0 Å². The highest BCUT2D eigenvalue weighted by molar-refractivity contribution is 5.22. The molecule has 1 nitrogen and oxygen atoms in total. The molecule has 2 N–H and O–H groups in total. The Balaban J connectivity index is 2.35. The summed E-state index contributed by atoms with van der Waals surface area (Å²) in [4.78, 5) is 0. The first kappa shape index (κ1) is 13.2. The van der Waals surface area contributed by atoms with Gasteiger partial charge in [0.2, 0.25) is 0 Å². The van der Waals surface area contributed by atoms with Crippen LogP contribution in [-0.2, 0) is 5.54 Å². The highest BCUT2D eigenvalue weighted by Crippen LogP contribution is 2.24. The molecule has 90 valence electrons. The van der Waals surface area contributed by atoms with Gasteiger partial charge in [0, 0.05) is 5.54 Å². The molecule has 0 bridgehead atoms. The molecule has 0 spiro atoms. The fourth-order valence-electron chi connectivity index (χ4n) is 2.06. The van der Waals surface area contributed by atoms with Crippen LogP contribution in [0.1, 0.15) is 57.9 Å². The van der Waals surface area contributed by atoms with Crippen molar-refractivity contribution in [2.45, 2.75) is 57.9 Å². The third-order valence-electron chi connectivity index (χ3n) is 3.23. The zero-order valence-corrected chi connectivity index (χ0v) is 10.7. The molecule has 1 heteroatoms. The van der Waals surface area contributed by atoms with Crippen molar-refractivity contribution in [1.82, 2.24) is 0 Å². The summed E-state index contributed by atoms with van der Waals surface area (Å²) in [5.41, 5.74) is 7.45. The Morgan fingerprint density at radius 2 is 1.62 bits per heavy atom. The summed E-state index contributed by atoms with van der Waals surface area (Å²) in [7, 11) is 0. The molecule has 1 rings (SSSR count). The quantitative estimate of drug-likeness (QED) is 0.683. The van der Waals surface area contributed by atoms with E-state index < -0.39 is 0 Å². The van der Waals surface area contributed by atoms with Crippen molar-refractivity contribution < 1.29 is 0 Å². The molecular formula is C15H25N. The predicted octanol–water partition coefficient (Wildman–Crippen LogP) is 4.22. The van der Waals surface area contributed by atoms with Gasteiger partial charge in [0.1, 0.15) is 0 Å². The first-order chi connectivity index (χ1) is 7.67. The lowest BCUT2D eigenvalue weighted by Crippen LogP contribution is -2.32. The molecule has 1 unspecified atom stereocenters. The normalized spacial score (nSPS) is 14.7. The number of hydrogen-bond acceptors (Lipinski definition) is 1. The van der Waals surface area contributed by atoms with E-state index in [4.69, 9.17) is 5.73 Å². The minimum Gasteiger partial charge on any atom is -0.322 e. The smallest absolute Gasteiger partial charge is 0.0381 e. The molecule has 1 atom stereocenters. The number of rotatable bonds is 7. The summed E-state index contributed by atoms with van der Waals surface area (Å²) in [5.74, 6) is 0. The second kappa shape index (κ2) is 6.70. The van der Waals surface area contributed by atoms with Crippen LogP contribution in [0.15, 0.2) is 30.3 Å². The van der Waals surface area contributed by atoms with Crippen molar-refractivity contribution in [1.29, 1.82) is 0 Å². The average molecular weight is 219 g/mol. The lowest BCUT2D eigenvalue weighted by Gasteiger charge is -2.25. The average Bonchev–Trinajstić information content (AvgIpc) is 2.30. The molecule has 0 aliphatic heterocycles. The second-order valence-electron chi connectivity index (χ2n) is 4.95. The van der Waals surface area contributed by atoms with Gasteiger partial charge in [0.05, 0.1) is 0 Å². The Morgan fingerprint density at radius 1 is 1.00 bits per heavy atom. The number of nitrogens with two attached hydrogens (primary N) is 1. The summed E-state index contributed by atoms with van der Waals surface area (Å²) in [5, 5.41) is 0. The van der Waals surface area contributed by atoms with Crippen LogP contribution in [0.25, 0.3) is 0 Å². The Morgan fingerprint density at radius 3 is 2.25 bits per heavy atom. The van der Waals surface area contributed by atoms with E-state index >= 15 is 0 Å². The van der Waals surface area contributed by atoms with Gasteiger partial charge in [-0.1, -0.05) is 69.4 Å². The van der Waals surface area contributed by atoms with Gasteiger partial charge in [0.25, 0.3) is 0 Å². The van der Waals surface area contributed by atoms with Crippen LogP contribution in [0.4, 0.5) is 0 Å². The van der Waals surface area contributed by atoms with E-state index in [1.807, 2.05) is 6.07 Å². The molecule has 0 aromatic heterocycles. The standard InChI is InChI=1S/C15H25N/c1-3-4-5-6-10-13-15(2,16)14-11-8-7-9-12-14/h7-9,11-12H,3-6,10,13,16H2,1-2H3. The second-order valence-corrected chi connectivity index (χ2v) is 4.95. The van der Waals surface area contributed by atoms with Crippen LogP contribution in [0, 0.1) is 0 Å². The zero-order chi connectivity index (χ0) is 11.9. The van der Waals surface area contributed by atoms with Crippen LogP contribution in [0.2, 0.25) is 0 Å². The highest BCUT2D eigenvalue weighted by Gasteiger charge is 2.19. The summed E-state index contributed by atoms with van der Waals surface area (Å²) in [6, 6.07) is 10.4. The third-order valence-corrected chi connectivity index (χ3v) is 3.23. The van der Waals surface area contributed by atoms with E-state index in [-0.39, 0.29) is 5.54 Å². The van der Waals surface area contributed by atoms with E-state index in [0.29, 0.717) is 0 Å². The Kier molecular flexibility index (Phi) is 5.54. The first-order valence-electron chi connectivity index (χ1n) is 6.51. The van der Waals surface area contributed by atoms with Gasteiger partial charge >= 0.3 is 0 Å². The van der Waals surface area contributed by atoms with Gasteiger partial charge < -0.3 is 5.73 Å². The van der Waals surface area contributed by atoms with Crippen LogP contribution in [-0.4, -0.2) is 0 Å². The van der Waals surface area contributed by atoms with Crippen molar-refractivity contribution in [3.05, 3.63) is 35.9 Å². The lowest BCUT2D eigenvalue weighted by atomic mass is 9.87. The number of hydrogen-bond donors (Lipinski definition) is 1. The molecule has 1 aromatic rings. The van der Waals surface area contributed by atoms with Gasteiger partial charge in [-0.3, -0.25) is 0 Å². The first-order valence-corrected chi connectivity index (χ1v) is 6.51. The molecule has 0 aliphatic carbocycles. The van der Waals surface area contributed by atoms with Crippen molar-refractivity contribution in [2.24, 2.45) is 5.73 Å². The van der Waals surface area contributed by atoms with E-state index in [9.17, 15) is 0 Å². The van der Waals surface area contributed by atoms with Gasteiger partial charge in [-0.25, -0.2) is 0 Å². The topological polar surface area (TPSA) is 26.0 Å². The predicted molar refractivity (Wildman–Crippen MR) is 71.4 cm³/mol.